The molecule has 0 bridgehead atoms. The molecule has 1 unspecified atom stereocenters. The van der Waals surface area contributed by atoms with E-state index < -0.39 is 0 Å². The van der Waals surface area contributed by atoms with Crippen molar-refractivity contribution < 1.29 is 4.74 Å². The molecule has 25 heavy (non-hydrogen) atoms. The van der Waals surface area contributed by atoms with Crippen LogP contribution < -0.4 is 5.73 Å². The van der Waals surface area contributed by atoms with Crippen LogP contribution in [0.1, 0.15) is 42.6 Å². The fraction of sp³-hybridized carbons (Fsp3) is 0.556. The zero-order valence-electron chi connectivity index (χ0n) is 14.8. The van der Waals surface area contributed by atoms with E-state index in [1.54, 1.807) is 0 Å². The molecule has 138 valence electrons. The Balaban J connectivity index is 0.00000225. The summed E-state index contributed by atoms with van der Waals surface area (Å²) in [5, 5.41) is 8.43. The van der Waals surface area contributed by atoms with Gasteiger partial charge in [-0.2, -0.15) is 0 Å². The Bertz CT molecular complexity index is 642. The van der Waals surface area contributed by atoms with Crippen molar-refractivity contribution >= 4 is 12.4 Å². The van der Waals surface area contributed by atoms with Gasteiger partial charge >= 0.3 is 0 Å². The minimum atomic E-state index is -0.0172. The molecule has 0 amide bonds. The average Bonchev–Trinajstić information content (AvgIpc) is 3.05. The highest BCUT2D eigenvalue weighted by atomic mass is 35.5. The average molecular weight is 366 g/mol. The number of halogens is 1. The number of nitrogens with two attached hydrogens (primary N) is 1. The zero-order chi connectivity index (χ0) is 16.8. The molecule has 2 N–H and O–H groups in total. The molecule has 2 aromatic rings. The van der Waals surface area contributed by atoms with E-state index in [1.807, 2.05) is 10.9 Å². The van der Waals surface area contributed by atoms with Gasteiger partial charge in [0.2, 0.25) is 0 Å². The van der Waals surface area contributed by atoms with E-state index in [4.69, 9.17) is 10.5 Å². The van der Waals surface area contributed by atoms with Gasteiger partial charge in [-0.05, 0) is 17.5 Å². The van der Waals surface area contributed by atoms with Crippen LogP contribution in [0.25, 0.3) is 0 Å². The van der Waals surface area contributed by atoms with Gasteiger partial charge in [0.1, 0.15) is 0 Å². The Morgan fingerprint density at radius 1 is 1.20 bits per heavy atom. The van der Waals surface area contributed by atoms with E-state index in [1.165, 1.54) is 11.1 Å². The van der Waals surface area contributed by atoms with Gasteiger partial charge in [0.05, 0.1) is 37.7 Å². The van der Waals surface area contributed by atoms with Gasteiger partial charge in [0, 0.05) is 19.6 Å². The lowest BCUT2D eigenvalue weighted by atomic mass is 10.1. The smallest absolute Gasteiger partial charge is 0.0994 e. The number of rotatable bonds is 7. The van der Waals surface area contributed by atoms with Crippen LogP contribution in [0.5, 0.6) is 0 Å². The monoisotopic (exact) mass is 365 g/mol. The van der Waals surface area contributed by atoms with Crippen LogP contribution in [0.4, 0.5) is 0 Å². The highest BCUT2D eigenvalue weighted by Gasteiger charge is 2.12. The van der Waals surface area contributed by atoms with Crippen LogP contribution in [-0.2, 0) is 17.8 Å². The minimum Gasteiger partial charge on any atom is -0.379 e. The van der Waals surface area contributed by atoms with Crippen LogP contribution in [0.15, 0.2) is 30.5 Å². The zero-order valence-corrected chi connectivity index (χ0v) is 15.6. The summed E-state index contributed by atoms with van der Waals surface area (Å²) in [6.45, 7) is 7.51. The first kappa shape index (κ1) is 19.8. The molecule has 1 aromatic carbocycles. The molecule has 0 spiro atoms. The summed E-state index contributed by atoms with van der Waals surface area (Å²) in [5.74, 6) is 0. The molecule has 0 saturated carbocycles. The van der Waals surface area contributed by atoms with Gasteiger partial charge in [0.25, 0.3) is 0 Å². The largest absolute Gasteiger partial charge is 0.379 e. The van der Waals surface area contributed by atoms with Crippen LogP contribution in [0, 0.1) is 0 Å². The van der Waals surface area contributed by atoms with E-state index in [0.29, 0.717) is 0 Å². The molecular formula is C18H28ClN5O. The van der Waals surface area contributed by atoms with Crippen LogP contribution in [0.2, 0.25) is 0 Å². The quantitative estimate of drug-likeness (QED) is 0.815. The highest BCUT2D eigenvalue weighted by molar-refractivity contribution is 5.85. The predicted octanol–water partition coefficient (Wildman–Crippen LogP) is 2.38. The predicted molar refractivity (Wildman–Crippen MR) is 101 cm³/mol. The van der Waals surface area contributed by atoms with Crippen molar-refractivity contribution in [2.45, 2.75) is 38.9 Å². The number of aromatic nitrogens is 3. The Hall–Kier alpha value is -1.47. The van der Waals surface area contributed by atoms with Crippen molar-refractivity contribution in [3.05, 3.63) is 47.3 Å². The molecule has 1 saturated heterocycles. The summed E-state index contributed by atoms with van der Waals surface area (Å²) in [5.41, 5.74) is 9.55. The molecule has 1 fully saturated rings. The Morgan fingerprint density at radius 3 is 2.64 bits per heavy atom. The molecule has 1 aromatic heterocycles. The summed E-state index contributed by atoms with van der Waals surface area (Å²) in [6, 6.07) is 8.67. The number of nitrogens with zero attached hydrogens (tertiary/aromatic N) is 4. The molecule has 1 aliphatic rings. The SMILES string of the molecule is CCCC(N)c1cn(Cc2cccc(CN3CCOCC3)c2)nn1.Cl. The fourth-order valence-electron chi connectivity index (χ4n) is 3.05. The van der Waals surface area contributed by atoms with Crippen molar-refractivity contribution in [3.63, 3.8) is 0 Å². The van der Waals surface area contributed by atoms with Gasteiger partial charge in [-0.15, -0.1) is 17.5 Å². The first-order valence-corrected chi connectivity index (χ1v) is 8.78. The normalized spacial score (nSPS) is 16.4. The maximum Gasteiger partial charge on any atom is 0.0994 e. The van der Waals surface area contributed by atoms with E-state index in [0.717, 1.165) is 57.9 Å². The van der Waals surface area contributed by atoms with E-state index in [2.05, 4.69) is 46.4 Å². The second-order valence-corrected chi connectivity index (χ2v) is 6.44. The molecule has 0 radical (unpaired) electrons. The molecule has 3 rings (SSSR count). The van der Waals surface area contributed by atoms with Crippen molar-refractivity contribution in [2.24, 2.45) is 5.73 Å². The molecule has 0 aliphatic carbocycles. The standard InChI is InChI=1S/C18H27N5O.ClH/c1-2-4-17(19)18-14-23(21-20-18)13-16-6-3-5-15(11-16)12-22-7-9-24-10-8-22;/h3,5-6,11,14,17H,2,4,7-10,12-13,19H2,1H3;1H. The Labute approximate surface area is 155 Å². The molecule has 6 nitrogen and oxygen atoms in total. The highest BCUT2D eigenvalue weighted by Crippen LogP contribution is 2.14. The second kappa shape index (κ2) is 9.87. The Kier molecular flexibility index (Phi) is 7.84. The Morgan fingerprint density at radius 2 is 1.92 bits per heavy atom. The van der Waals surface area contributed by atoms with Gasteiger partial charge in [-0.3, -0.25) is 4.90 Å². The summed E-state index contributed by atoms with van der Waals surface area (Å²) < 4.78 is 7.28. The number of hydrogen-bond acceptors (Lipinski definition) is 5. The topological polar surface area (TPSA) is 69.2 Å². The lowest BCUT2D eigenvalue weighted by Crippen LogP contribution is -2.35. The number of hydrogen-bond donors (Lipinski definition) is 1. The first-order chi connectivity index (χ1) is 11.7. The van der Waals surface area contributed by atoms with Crippen LogP contribution in [0.3, 0.4) is 0 Å². The van der Waals surface area contributed by atoms with Crippen molar-refractivity contribution in [3.8, 4) is 0 Å². The second-order valence-electron chi connectivity index (χ2n) is 6.44. The van der Waals surface area contributed by atoms with Crippen molar-refractivity contribution in [2.75, 3.05) is 26.3 Å². The third kappa shape index (κ3) is 5.78. The van der Waals surface area contributed by atoms with Crippen molar-refractivity contribution in [1.82, 2.24) is 19.9 Å². The fourth-order valence-corrected chi connectivity index (χ4v) is 3.05. The number of morpholine rings is 1. The molecule has 2 heterocycles. The molecular weight excluding hydrogens is 338 g/mol. The van der Waals surface area contributed by atoms with E-state index >= 15 is 0 Å². The number of ether oxygens (including phenoxy) is 1. The minimum absolute atomic E-state index is 0. The third-order valence-corrected chi connectivity index (χ3v) is 4.38. The van der Waals surface area contributed by atoms with Crippen molar-refractivity contribution in [1.29, 1.82) is 0 Å². The maximum absolute atomic E-state index is 6.11. The maximum atomic E-state index is 6.11. The van der Waals surface area contributed by atoms with Gasteiger partial charge < -0.3 is 10.5 Å². The van der Waals surface area contributed by atoms with E-state index in [-0.39, 0.29) is 18.4 Å². The van der Waals surface area contributed by atoms with Gasteiger partial charge in [-0.1, -0.05) is 42.8 Å². The molecule has 7 heteroatoms. The molecule has 1 atom stereocenters. The van der Waals surface area contributed by atoms with Crippen LogP contribution >= 0.6 is 12.4 Å². The van der Waals surface area contributed by atoms with Gasteiger partial charge in [-0.25, -0.2) is 4.68 Å². The summed E-state index contributed by atoms with van der Waals surface area (Å²) in [7, 11) is 0. The summed E-state index contributed by atoms with van der Waals surface area (Å²) in [6.07, 6.45) is 3.96. The first-order valence-electron chi connectivity index (χ1n) is 8.78. The summed E-state index contributed by atoms with van der Waals surface area (Å²) >= 11 is 0. The molecule has 1 aliphatic heterocycles. The lowest BCUT2D eigenvalue weighted by Gasteiger charge is -2.26. The third-order valence-electron chi connectivity index (χ3n) is 4.38. The van der Waals surface area contributed by atoms with E-state index in [9.17, 15) is 0 Å². The van der Waals surface area contributed by atoms with Gasteiger partial charge in [0.15, 0.2) is 0 Å². The number of benzene rings is 1. The summed E-state index contributed by atoms with van der Waals surface area (Å²) in [4.78, 5) is 2.43. The lowest BCUT2D eigenvalue weighted by molar-refractivity contribution is 0.0342. The van der Waals surface area contributed by atoms with Crippen LogP contribution in [-0.4, -0.2) is 46.2 Å².